The fourth-order valence-corrected chi connectivity index (χ4v) is 4.51. The minimum absolute atomic E-state index is 0.227. The SMILES string of the molecule is O=C(Nc1nc(-c2ccc3c(c2)CCN3C(=O)C2CC2)cs1)c1cccc(Cl)c1. The van der Waals surface area contributed by atoms with E-state index >= 15 is 0 Å². The summed E-state index contributed by atoms with van der Waals surface area (Å²) in [4.78, 5) is 31.3. The molecule has 1 N–H and O–H groups in total. The molecule has 1 aliphatic heterocycles. The molecule has 5 rings (SSSR count). The number of carbonyl (C=O) groups is 2. The van der Waals surface area contributed by atoms with Gasteiger partial charge in [-0.05, 0) is 55.2 Å². The average Bonchev–Trinajstić information content (AvgIpc) is 3.33. The fourth-order valence-electron chi connectivity index (χ4n) is 3.60. The van der Waals surface area contributed by atoms with Crippen LogP contribution >= 0.6 is 22.9 Å². The van der Waals surface area contributed by atoms with Crippen LogP contribution in [0, 0.1) is 5.92 Å². The molecular weight excluding hydrogens is 406 g/mol. The molecule has 0 atom stereocenters. The van der Waals surface area contributed by atoms with Gasteiger partial charge in [-0.3, -0.25) is 14.9 Å². The van der Waals surface area contributed by atoms with Crippen molar-refractivity contribution in [2.75, 3.05) is 16.8 Å². The zero-order chi connectivity index (χ0) is 20.0. The highest BCUT2D eigenvalue weighted by Gasteiger charge is 2.36. The number of rotatable bonds is 4. The Morgan fingerprint density at radius 3 is 2.83 bits per heavy atom. The van der Waals surface area contributed by atoms with Gasteiger partial charge in [0.1, 0.15) is 0 Å². The van der Waals surface area contributed by atoms with Crippen molar-refractivity contribution in [3.8, 4) is 11.3 Å². The number of nitrogens with one attached hydrogen (secondary N) is 1. The summed E-state index contributed by atoms with van der Waals surface area (Å²) in [5.41, 5.74) is 4.49. The second kappa shape index (κ2) is 7.28. The Bertz CT molecular complexity index is 1120. The molecular formula is C22H18ClN3O2S. The summed E-state index contributed by atoms with van der Waals surface area (Å²) in [6, 6.07) is 12.9. The second-order valence-electron chi connectivity index (χ2n) is 7.36. The van der Waals surface area contributed by atoms with Crippen molar-refractivity contribution in [1.29, 1.82) is 0 Å². The first-order valence-electron chi connectivity index (χ1n) is 9.55. The molecule has 2 heterocycles. The molecule has 1 aromatic heterocycles. The van der Waals surface area contributed by atoms with Crippen molar-refractivity contribution in [1.82, 2.24) is 4.98 Å². The van der Waals surface area contributed by atoms with Crippen LogP contribution in [0.4, 0.5) is 10.8 Å². The minimum atomic E-state index is -0.239. The Kier molecular flexibility index (Phi) is 4.60. The lowest BCUT2D eigenvalue weighted by Crippen LogP contribution is -2.30. The molecule has 1 aliphatic carbocycles. The molecule has 5 nitrogen and oxygen atoms in total. The normalized spacial score (nSPS) is 15.3. The Balaban J connectivity index is 1.33. The van der Waals surface area contributed by atoms with Crippen molar-refractivity contribution in [3.63, 3.8) is 0 Å². The highest BCUT2D eigenvalue weighted by Crippen LogP contribution is 2.38. The summed E-state index contributed by atoms with van der Waals surface area (Å²) >= 11 is 7.34. The first-order valence-corrected chi connectivity index (χ1v) is 10.8. The van der Waals surface area contributed by atoms with Gasteiger partial charge in [-0.25, -0.2) is 4.98 Å². The van der Waals surface area contributed by atoms with Crippen molar-refractivity contribution < 1.29 is 9.59 Å². The third kappa shape index (κ3) is 3.66. The highest BCUT2D eigenvalue weighted by atomic mass is 35.5. The molecule has 0 spiro atoms. The lowest BCUT2D eigenvalue weighted by Gasteiger charge is -2.17. The Morgan fingerprint density at radius 1 is 1.17 bits per heavy atom. The number of halogens is 1. The summed E-state index contributed by atoms with van der Waals surface area (Å²) in [6.45, 7) is 0.756. The van der Waals surface area contributed by atoms with E-state index in [0.717, 1.165) is 42.8 Å². The van der Waals surface area contributed by atoms with Gasteiger partial charge >= 0.3 is 0 Å². The fraction of sp³-hybridized carbons (Fsp3) is 0.227. The number of amides is 2. The standard InChI is InChI=1S/C22H18ClN3O2S/c23-17-3-1-2-16(11-17)20(27)25-22-24-18(12-29-22)14-6-7-19-15(10-14)8-9-26(19)21(28)13-4-5-13/h1-3,6-7,10-13H,4-5,8-9H2,(H,24,25,27). The summed E-state index contributed by atoms with van der Waals surface area (Å²) in [5.74, 6) is 0.248. The van der Waals surface area contributed by atoms with Crippen LogP contribution in [-0.2, 0) is 11.2 Å². The Labute approximate surface area is 177 Å². The van der Waals surface area contributed by atoms with Crippen LogP contribution in [0.3, 0.4) is 0 Å². The molecule has 7 heteroatoms. The van der Waals surface area contributed by atoms with E-state index in [-0.39, 0.29) is 17.7 Å². The topological polar surface area (TPSA) is 62.3 Å². The number of aromatic nitrogens is 1. The van der Waals surface area contributed by atoms with E-state index in [9.17, 15) is 9.59 Å². The molecule has 2 aliphatic rings. The number of carbonyl (C=O) groups excluding carboxylic acids is 2. The second-order valence-corrected chi connectivity index (χ2v) is 8.65. The first-order chi connectivity index (χ1) is 14.1. The maximum absolute atomic E-state index is 12.4. The zero-order valence-corrected chi connectivity index (χ0v) is 17.1. The molecule has 3 aromatic rings. The van der Waals surface area contributed by atoms with E-state index in [2.05, 4.69) is 16.4 Å². The molecule has 0 unspecified atom stereocenters. The summed E-state index contributed by atoms with van der Waals surface area (Å²) < 4.78 is 0. The van der Waals surface area contributed by atoms with Gasteiger partial charge in [0.15, 0.2) is 5.13 Å². The Hall–Kier alpha value is -2.70. The van der Waals surface area contributed by atoms with E-state index in [1.54, 1.807) is 24.3 Å². The van der Waals surface area contributed by atoms with Crippen molar-refractivity contribution in [2.45, 2.75) is 19.3 Å². The van der Waals surface area contributed by atoms with Crippen molar-refractivity contribution >= 4 is 45.6 Å². The summed E-state index contributed by atoms with van der Waals surface area (Å²) in [5, 5.41) is 5.81. The van der Waals surface area contributed by atoms with Crippen LogP contribution < -0.4 is 10.2 Å². The van der Waals surface area contributed by atoms with Crippen molar-refractivity contribution in [2.24, 2.45) is 5.92 Å². The summed E-state index contributed by atoms with van der Waals surface area (Å²) in [7, 11) is 0. The number of thiazole rings is 1. The van der Waals surface area contributed by atoms with Gasteiger partial charge < -0.3 is 4.90 Å². The first kappa shape index (κ1) is 18.3. The van der Waals surface area contributed by atoms with Gasteiger partial charge in [-0.1, -0.05) is 23.7 Å². The maximum atomic E-state index is 12.4. The molecule has 2 aromatic carbocycles. The van der Waals surface area contributed by atoms with E-state index in [1.165, 1.54) is 16.9 Å². The minimum Gasteiger partial charge on any atom is -0.312 e. The van der Waals surface area contributed by atoms with E-state index in [0.29, 0.717) is 15.7 Å². The number of hydrogen-bond acceptors (Lipinski definition) is 4. The third-order valence-electron chi connectivity index (χ3n) is 5.27. The number of anilines is 2. The molecule has 0 bridgehead atoms. The van der Waals surface area contributed by atoms with Gasteiger partial charge in [0, 0.05) is 39.7 Å². The van der Waals surface area contributed by atoms with E-state index in [4.69, 9.17) is 11.6 Å². The highest BCUT2D eigenvalue weighted by molar-refractivity contribution is 7.14. The van der Waals surface area contributed by atoms with Gasteiger partial charge in [-0.2, -0.15) is 0 Å². The quantitative estimate of drug-likeness (QED) is 0.641. The molecule has 1 saturated carbocycles. The van der Waals surface area contributed by atoms with Crippen LogP contribution in [0.15, 0.2) is 47.8 Å². The molecule has 29 heavy (non-hydrogen) atoms. The van der Waals surface area contributed by atoms with Crippen LogP contribution in [0.2, 0.25) is 5.02 Å². The van der Waals surface area contributed by atoms with Crippen LogP contribution in [0.25, 0.3) is 11.3 Å². The third-order valence-corrected chi connectivity index (χ3v) is 6.27. The van der Waals surface area contributed by atoms with E-state index < -0.39 is 0 Å². The van der Waals surface area contributed by atoms with E-state index in [1.807, 2.05) is 22.4 Å². The summed E-state index contributed by atoms with van der Waals surface area (Å²) in [6.07, 6.45) is 2.90. The molecule has 0 radical (unpaired) electrons. The number of fused-ring (bicyclic) bond motifs is 1. The zero-order valence-electron chi connectivity index (χ0n) is 15.5. The van der Waals surface area contributed by atoms with Gasteiger partial charge in [0.2, 0.25) is 5.91 Å². The Morgan fingerprint density at radius 2 is 2.03 bits per heavy atom. The maximum Gasteiger partial charge on any atom is 0.257 e. The number of benzene rings is 2. The molecule has 0 saturated heterocycles. The monoisotopic (exact) mass is 423 g/mol. The predicted molar refractivity (Wildman–Crippen MR) is 116 cm³/mol. The number of hydrogen-bond donors (Lipinski definition) is 1. The lowest BCUT2D eigenvalue weighted by atomic mass is 10.1. The number of nitrogens with zero attached hydrogens (tertiary/aromatic N) is 2. The largest absolute Gasteiger partial charge is 0.312 e. The molecule has 2 amide bonds. The van der Waals surface area contributed by atoms with Crippen LogP contribution in [0.1, 0.15) is 28.8 Å². The van der Waals surface area contributed by atoms with Gasteiger partial charge in [-0.15, -0.1) is 11.3 Å². The van der Waals surface area contributed by atoms with Crippen LogP contribution in [0.5, 0.6) is 0 Å². The molecule has 1 fully saturated rings. The van der Waals surface area contributed by atoms with Gasteiger partial charge in [0.05, 0.1) is 5.69 Å². The van der Waals surface area contributed by atoms with Crippen molar-refractivity contribution in [3.05, 3.63) is 64.0 Å². The molecule has 146 valence electrons. The lowest BCUT2D eigenvalue weighted by molar-refractivity contribution is -0.119. The average molecular weight is 424 g/mol. The smallest absolute Gasteiger partial charge is 0.257 e. The predicted octanol–water partition coefficient (Wildman–Crippen LogP) is 5.01. The van der Waals surface area contributed by atoms with Gasteiger partial charge in [0.25, 0.3) is 5.91 Å². The van der Waals surface area contributed by atoms with Crippen LogP contribution in [-0.4, -0.2) is 23.3 Å².